The number of nitrogens with zero attached hydrogens (tertiary/aromatic N) is 1. The van der Waals surface area contributed by atoms with Crippen LogP contribution in [0.1, 0.15) is 29.8 Å². The van der Waals surface area contributed by atoms with E-state index >= 15 is 0 Å². The monoisotopic (exact) mass is 396 g/mol. The third-order valence-electron chi connectivity index (χ3n) is 3.14. The summed E-state index contributed by atoms with van der Waals surface area (Å²) >= 11 is 7.06. The van der Waals surface area contributed by atoms with Gasteiger partial charge in [-0.15, -0.1) is 0 Å². The second kappa shape index (κ2) is 7.34. The van der Waals surface area contributed by atoms with Gasteiger partial charge < -0.3 is 5.32 Å². The first kappa shape index (κ1) is 15.7. The molecule has 2 rings (SSSR count). The van der Waals surface area contributed by atoms with Crippen molar-refractivity contribution in [1.29, 1.82) is 0 Å². The summed E-state index contributed by atoms with van der Waals surface area (Å²) < 4.78 is 2.02. The maximum atomic E-state index is 4.56. The zero-order valence-corrected chi connectivity index (χ0v) is 14.8. The zero-order valence-electron chi connectivity index (χ0n) is 11.7. The molecule has 1 aromatic carbocycles. The topological polar surface area (TPSA) is 24.9 Å². The average molecular weight is 398 g/mol. The number of aromatic nitrogens is 1. The van der Waals surface area contributed by atoms with Crippen LogP contribution in [0.3, 0.4) is 0 Å². The van der Waals surface area contributed by atoms with Gasteiger partial charge in [0.05, 0.1) is 11.7 Å². The molecule has 4 heteroatoms. The van der Waals surface area contributed by atoms with Gasteiger partial charge in [-0.05, 0) is 63.4 Å². The molecule has 2 aromatic rings. The zero-order chi connectivity index (χ0) is 14.5. The van der Waals surface area contributed by atoms with Crippen LogP contribution in [0.25, 0.3) is 0 Å². The molecular formula is C16H18Br2N2. The molecule has 0 amide bonds. The number of hydrogen-bond donors (Lipinski definition) is 1. The molecule has 106 valence electrons. The van der Waals surface area contributed by atoms with Crippen molar-refractivity contribution in [2.24, 2.45) is 0 Å². The highest BCUT2D eigenvalue weighted by molar-refractivity contribution is 9.11. The Morgan fingerprint density at radius 3 is 2.70 bits per heavy atom. The summed E-state index contributed by atoms with van der Waals surface area (Å²) in [6.45, 7) is 5.16. The minimum absolute atomic E-state index is 0.212. The summed E-state index contributed by atoms with van der Waals surface area (Å²) in [5, 5.41) is 3.52. The van der Waals surface area contributed by atoms with Gasteiger partial charge in [-0.3, -0.25) is 4.98 Å². The number of likely N-dealkylation sites (N-methyl/N-ethyl adjacent to an activating group) is 1. The third kappa shape index (κ3) is 4.14. The van der Waals surface area contributed by atoms with E-state index in [1.54, 1.807) is 0 Å². The predicted molar refractivity (Wildman–Crippen MR) is 90.9 cm³/mol. The molecular weight excluding hydrogens is 380 g/mol. The first-order valence-electron chi connectivity index (χ1n) is 6.70. The van der Waals surface area contributed by atoms with E-state index in [1.807, 2.05) is 12.3 Å². The van der Waals surface area contributed by atoms with E-state index in [9.17, 15) is 0 Å². The second-order valence-corrected chi connectivity index (χ2v) is 6.59. The molecule has 1 heterocycles. The first-order chi connectivity index (χ1) is 9.60. The fourth-order valence-electron chi connectivity index (χ4n) is 2.27. The average Bonchev–Trinajstić information content (AvgIpc) is 2.38. The van der Waals surface area contributed by atoms with Crippen molar-refractivity contribution in [2.45, 2.75) is 26.3 Å². The van der Waals surface area contributed by atoms with Crippen LogP contribution >= 0.6 is 31.9 Å². The van der Waals surface area contributed by atoms with E-state index < -0.39 is 0 Å². The molecule has 1 unspecified atom stereocenters. The molecule has 0 aliphatic rings. The highest BCUT2D eigenvalue weighted by Crippen LogP contribution is 2.27. The van der Waals surface area contributed by atoms with Gasteiger partial charge in [0.25, 0.3) is 0 Å². The fourth-order valence-corrected chi connectivity index (χ4v) is 3.53. The number of halogens is 2. The summed E-state index contributed by atoms with van der Waals surface area (Å²) in [5.74, 6) is 0. The normalized spacial score (nSPS) is 12.4. The van der Waals surface area contributed by atoms with Crippen LogP contribution in [0.4, 0.5) is 0 Å². The standard InChI is InChI=1S/C16H18Br2N2/c1-3-19-15(8-12-6-4-5-11(2)7-12)16-14(18)9-13(17)10-20-16/h4-7,9-10,15,19H,3,8H2,1-2H3. The maximum absolute atomic E-state index is 4.56. The van der Waals surface area contributed by atoms with Crippen molar-refractivity contribution in [3.63, 3.8) is 0 Å². The molecule has 0 bridgehead atoms. The summed E-state index contributed by atoms with van der Waals surface area (Å²) in [6.07, 6.45) is 2.78. The molecule has 0 radical (unpaired) electrons. The van der Waals surface area contributed by atoms with Gasteiger partial charge in [0.15, 0.2) is 0 Å². The van der Waals surface area contributed by atoms with E-state index in [4.69, 9.17) is 0 Å². The number of aryl methyl sites for hydroxylation is 1. The highest BCUT2D eigenvalue weighted by Gasteiger charge is 2.16. The van der Waals surface area contributed by atoms with Crippen LogP contribution in [-0.4, -0.2) is 11.5 Å². The molecule has 0 aliphatic carbocycles. The van der Waals surface area contributed by atoms with E-state index in [0.29, 0.717) is 0 Å². The highest BCUT2D eigenvalue weighted by atomic mass is 79.9. The van der Waals surface area contributed by atoms with Crippen molar-refractivity contribution in [2.75, 3.05) is 6.54 Å². The second-order valence-electron chi connectivity index (χ2n) is 4.82. The molecule has 1 N–H and O–H groups in total. The first-order valence-corrected chi connectivity index (χ1v) is 8.28. The lowest BCUT2D eigenvalue weighted by molar-refractivity contribution is 0.534. The molecule has 0 aliphatic heterocycles. The van der Waals surface area contributed by atoms with E-state index in [-0.39, 0.29) is 6.04 Å². The van der Waals surface area contributed by atoms with Gasteiger partial charge in [-0.1, -0.05) is 36.8 Å². The van der Waals surface area contributed by atoms with Gasteiger partial charge in [0, 0.05) is 15.1 Å². The summed E-state index contributed by atoms with van der Waals surface area (Å²) in [6, 6.07) is 10.9. The van der Waals surface area contributed by atoms with Crippen molar-refractivity contribution >= 4 is 31.9 Å². The minimum Gasteiger partial charge on any atom is -0.309 e. The summed E-state index contributed by atoms with van der Waals surface area (Å²) in [4.78, 5) is 4.56. The Hall–Kier alpha value is -0.710. The molecule has 0 fully saturated rings. The van der Waals surface area contributed by atoms with E-state index in [2.05, 4.69) is 80.3 Å². The third-order valence-corrected chi connectivity index (χ3v) is 4.21. The van der Waals surface area contributed by atoms with Gasteiger partial charge in [0.2, 0.25) is 0 Å². The number of pyridine rings is 1. The Bertz CT molecular complexity index is 584. The minimum atomic E-state index is 0.212. The lowest BCUT2D eigenvalue weighted by Crippen LogP contribution is -2.24. The number of nitrogens with one attached hydrogen (secondary N) is 1. The Morgan fingerprint density at radius 1 is 1.25 bits per heavy atom. The Balaban J connectivity index is 2.26. The van der Waals surface area contributed by atoms with Crippen molar-refractivity contribution < 1.29 is 0 Å². The van der Waals surface area contributed by atoms with E-state index in [0.717, 1.165) is 27.6 Å². The van der Waals surface area contributed by atoms with Crippen molar-refractivity contribution in [3.8, 4) is 0 Å². The molecule has 0 saturated carbocycles. The molecule has 20 heavy (non-hydrogen) atoms. The Labute approximate surface area is 137 Å². The molecule has 2 nitrogen and oxygen atoms in total. The lowest BCUT2D eigenvalue weighted by atomic mass is 10.0. The largest absolute Gasteiger partial charge is 0.309 e. The van der Waals surface area contributed by atoms with E-state index in [1.165, 1.54) is 11.1 Å². The molecule has 1 atom stereocenters. The van der Waals surface area contributed by atoms with Gasteiger partial charge in [-0.25, -0.2) is 0 Å². The Kier molecular flexibility index (Phi) is 5.75. The number of hydrogen-bond acceptors (Lipinski definition) is 2. The predicted octanol–water partition coefficient (Wildman–Crippen LogP) is 4.81. The smallest absolute Gasteiger partial charge is 0.0719 e. The van der Waals surface area contributed by atoms with Crippen LogP contribution in [0.2, 0.25) is 0 Å². The summed E-state index contributed by atoms with van der Waals surface area (Å²) in [7, 11) is 0. The van der Waals surface area contributed by atoms with Gasteiger partial charge in [0.1, 0.15) is 0 Å². The van der Waals surface area contributed by atoms with Crippen LogP contribution in [0.5, 0.6) is 0 Å². The maximum Gasteiger partial charge on any atom is 0.0719 e. The lowest BCUT2D eigenvalue weighted by Gasteiger charge is -2.19. The fraction of sp³-hybridized carbons (Fsp3) is 0.312. The van der Waals surface area contributed by atoms with Crippen molar-refractivity contribution in [3.05, 3.63) is 62.3 Å². The molecule has 0 saturated heterocycles. The van der Waals surface area contributed by atoms with Gasteiger partial charge >= 0.3 is 0 Å². The van der Waals surface area contributed by atoms with Crippen molar-refractivity contribution in [1.82, 2.24) is 10.3 Å². The molecule has 1 aromatic heterocycles. The number of rotatable bonds is 5. The summed E-state index contributed by atoms with van der Waals surface area (Å²) in [5.41, 5.74) is 3.67. The van der Waals surface area contributed by atoms with Crippen LogP contribution in [-0.2, 0) is 6.42 Å². The van der Waals surface area contributed by atoms with Crippen LogP contribution in [0.15, 0.2) is 45.5 Å². The van der Waals surface area contributed by atoms with Crippen LogP contribution in [0, 0.1) is 6.92 Å². The Morgan fingerprint density at radius 2 is 2.05 bits per heavy atom. The van der Waals surface area contributed by atoms with Gasteiger partial charge in [-0.2, -0.15) is 0 Å². The quantitative estimate of drug-likeness (QED) is 0.782. The molecule has 0 spiro atoms. The SMILES string of the molecule is CCNC(Cc1cccc(C)c1)c1ncc(Br)cc1Br. The number of benzene rings is 1. The van der Waals surface area contributed by atoms with Crippen LogP contribution < -0.4 is 5.32 Å².